The monoisotopic (exact) mass is 227 g/mol. The van der Waals surface area contributed by atoms with Crippen LogP contribution >= 0.6 is 0 Å². The van der Waals surface area contributed by atoms with Crippen LogP contribution in [0.1, 0.15) is 24.0 Å². The molecular weight excluding hydrogens is 212 g/mol. The minimum absolute atomic E-state index is 0.280. The average molecular weight is 227 g/mol. The zero-order valence-corrected chi connectivity index (χ0v) is 9.22. The molecular formula is C12H15F2NO. The summed E-state index contributed by atoms with van der Waals surface area (Å²) in [4.78, 5) is 0. The zero-order valence-electron chi connectivity index (χ0n) is 9.22. The third-order valence-corrected chi connectivity index (χ3v) is 2.91. The van der Waals surface area contributed by atoms with Gasteiger partial charge in [0.1, 0.15) is 0 Å². The standard InChI is InChI=1S/C12H15F2NO/c1-16-7-8-4-9(6-12(15)2-3-12)11(14)10(13)5-8/h4-5H,2-3,6-7,15H2,1H3. The minimum atomic E-state index is -0.825. The summed E-state index contributed by atoms with van der Waals surface area (Å²) in [7, 11) is 1.52. The Kier molecular flexibility index (Phi) is 2.95. The SMILES string of the molecule is COCc1cc(F)c(F)c(CC2(N)CC2)c1. The van der Waals surface area contributed by atoms with Crippen molar-refractivity contribution >= 4 is 0 Å². The first kappa shape index (κ1) is 11.5. The Morgan fingerprint density at radius 3 is 2.62 bits per heavy atom. The van der Waals surface area contributed by atoms with Gasteiger partial charge in [0.05, 0.1) is 6.61 Å². The van der Waals surface area contributed by atoms with Crippen molar-refractivity contribution in [2.45, 2.75) is 31.4 Å². The van der Waals surface area contributed by atoms with E-state index in [1.807, 2.05) is 0 Å². The molecule has 0 bridgehead atoms. The van der Waals surface area contributed by atoms with Crippen LogP contribution in [0.4, 0.5) is 8.78 Å². The number of halogens is 2. The molecule has 0 spiro atoms. The van der Waals surface area contributed by atoms with Crippen molar-refractivity contribution in [2.24, 2.45) is 5.73 Å². The molecule has 4 heteroatoms. The van der Waals surface area contributed by atoms with Gasteiger partial charge < -0.3 is 10.5 Å². The first-order valence-electron chi connectivity index (χ1n) is 5.29. The summed E-state index contributed by atoms with van der Waals surface area (Å²) >= 11 is 0. The Labute approximate surface area is 93.4 Å². The average Bonchev–Trinajstić information content (AvgIpc) is 2.92. The Balaban J connectivity index is 2.27. The van der Waals surface area contributed by atoms with Gasteiger partial charge in [0, 0.05) is 12.6 Å². The maximum absolute atomic E-state index is 13.5. The van der Waals surface area contributed by atoms with E-state index in [2.05, 4.69) is 0 Å². The molecule has 0 aliphatic heterocycles. The van der Waals surface area contributed by atoms with Gasteiger partial charge in [0.25, 0.3) is 0 Å². The van der Waals surface area contributed by atoms with Crippen LogP contribution in [0.25, 0.3) is 0 Å². The molecule has 1 aromatic carbocycles. The molecule has 2 N–H and O–H groups in total. The van der Waals surface area contributed by atoms with Gasteiger partial charge in [-0.25, -0.2) is 8.78 Å². The zero-order chi connectivity index (χ0) is 11.8. The second-order valence-corrected chi connectivity index (χ2v) is 4.52. The molecule has 0 aromatic heterocycles. The molecule has 0 amide bonds. The maximum atomic E-state index is 13.5. The molecule has 0 saturated heterocycles. The minimum Gasteiger partial charge on any atom is -0.380 e. The molecule has 1 aliphatic rings. The summed E-state index contributed by atoms with van der Waals surface area (Å²) in [5.41, 5.74) is 6.57. The molecule has 1 aliphatic carbocycles. The maximum Gasteiger partial charge on any atom is 0.162 e. The lowest BCUT2D eigenvalue weighted by molar-refractivity contribution is 0.184. The number of benzene rings is 1. The van der Waals surface area contributed by atoms with Gasteiger partial charge in [-0.15, -0.1) is 0 Å². The van der Waals surface area contributed by atoms with Crippen LogP contribution in [-0.4, -0.2) is 12.6 Å². The van der Waals surface area contributed by atoms with Gasteiger partial charge in [0.2, 0.25) is 0 Å². The van der Waals surface area contributed by atoms with E-state index < -0.39 is 11.6 Å². The second-order valence-electron chi connectivity index (χ2n) is 4.52. The van der Waals surface area contributed by atoms with Gasteiger partial charge in [-0.05, 0) is 36.5 Å². The first-order chi connectivity index (χ1) is 7.54. The molecule has 0 unspecified atom stereocenters. The summed E-state index contributed by atoms with van der Waals surface area (Å²) in [5, 5.41) is 0. The predicted octanol–water partition coefficient (Wildman–Crippen LogP) is 2.15. The van der Waals surface area contributed by atoms with E-state index in [0.29, 0.717) is 17.5 Å². The highest BCUT2D eigenvalue weighted by atomic mass is 19.2. The molecule has 1 aromatic rings. The van der Waals surface area contributed by atoms with Crippen molar-refractivity contribution in [3.8, 4) is 0 Å². The fourth-order valence-corrected chi connectivity index (χ4v) is 1.80. The van der Waals surface area contributed by atoms with E-state index in [4.69, 9.17) is 10.5 Å². The third-order valence-electron chi connectivity index (χ3n) is 2.91. The van der Waals surface area contributed by atoms with E-state index in [1.165, 1.54) is 13.2 Å². The van der Waals surface area contributed by atoms with Gasteiger partial charge in [0.15, 0.2) is 11.6 Å². The van der Waals surface area contributed by atoms with E-state index in [-0.39, 0.29) is 12.1 Å². The Morgan fingerprint density at radius 2 is 2.06 bits per heavy atom. The topological polar surface area (TPSA) is 35.2 Å². The lowest BCUT2D eigenvalue weighted by Crippen LogP contribution is -2.25. The first-order valence-corrected chi connectivity index (χ1v) is 5.29. The lowest BCUT2D eigenvalue weighted by Gasteiger charge is -2.11. The summed E-state index contributed by atoms with van der Waals surface area (Å²) in [6.45, 7) is 0.280. The summed E-state index contributed by atoms with van der Waals surface area (Å²) < 4.78 is 31.7. The predicted molar refractivity (Wildman–Crippen MR) is 56.9 cm³/mol. The van der Waals surface area contributed by atoms with Crippen LogP contribution in [0, 0.1) is 11.6 Å². The molecule has 88 valence electrons. The smallest absolute Gasteiger partial charge is 0.162 e. The Bertz CT molecular complexity index is 402. The lowest BCUT2D eigenvalue weighted by atomic mass is 10.0. The van der Waals surface area contributed by atoms with Crippen LogP contribution in [0.3, 0.4) is 0 Å². The molecule has 1 saturated carbocycles. The molecule has 0 radical (unpaired) electrons. The van der Waals surface area contributed by atoms with Gasteiger partial charge in [-0.1, -0.05) is 6.07 Å². The second kappa shape index (κ2) is 4.11. The summed E-state index contributed by atoms with van der Waals surface area (Å²) in [6, 6.07) is 2.80. The van der Waals surface area contributed by atoms with Crippen LogP contribution in [0.2, 0.25) is 0 Å². The molecule has 1 fully saturated rings. The molecule has 2 rings (SSSR count). The van der Waals surface area contributed by atoms with Crippen molar-refractivity contribution < 1.29 is 13.5 Å². The van der Waals surface area contributed by atoms with Gasteiger partial charge in [-0.3, -0.25) is 0 Å². The number of ether oxygens (including phenoxy) is 1. The van der Waals surface area contributed by atoms with E-state index >= 15 is 0 Å². The molecule has 2 nitrogen and oxygen atoms in total. The number of methoxy groups -OCH3 is 1. The summed E-state index contributed by atoms with van der Waals surface area (Å²) in [6.07, 6.45) is 2.15. The number of nitrogens with two attached hydrogens (primary N) is 1. The largest absolute Gasteiger partial charge is 0.380 e. The van der Waals surface area contributed by atoms with Crippen molar-refractivity contribution in [2.75, 3.05) is 7.11 Å². The van der Waals surface area contributed by atoms with Crippen molar-refractivity contribution in [1.29, 1.82) is 0 Å². The highest BCUT2D eigenvalue weighted by Crippen LogP contribution is 2.36. The van der Waals surface area contributed by atoms with E-state index in [1.54, 1.807) is 6.07 Å². The Hall–Kier alpha value is -1.00. The number of rotatable bonds is 4. The van der Waals surface area contributed by atoms with Gasteiger partial charge in [-0.2, -0.15) is 0 Å². The van der Waals surface area contributed by atoms with Crippen molar-refractivity contribution in [3.63, 3.8) is 0 Å². The van der Waals surface area contributed by atoms with Crippen LogP contribution < -0.4 is 5.73 Å². The fourth-order valence-electron chi connectivity index (χ4n) is 1.80. The molecule has 0 atom stereocenters. The van der Waals surface area contributed by atoms with E-state index in [9.17, 15) is 8.78 Å². The number of hydrogen-bond acceptors (Lipinski definition) is 2. The quantitative estimate of drug-likeness (QED) is 0.855. The molecule has 16 heavy (non-hydrogen) atoms. The molecule has 0 heterocycles. The van der Waals surface area contributed by atoms with Crippen LogP contribution in [0.15, 0.2) is 12.1 Å². The highest BCUT2D eigenvalue weighted by molar-refractivity contribution is 5.29. The normalized spacial score (nSPS) is 17.5. The number of hydrogen-bond donors (Lipinski definition) is 1. The highest BCUT2D eigenvalue weighted by Gasteiger charge is 2.39. The Morgan fingerprint density at radius 1 is 1.38 bits per heavy atom. The fraction of sp³-hybridized carbons (Fsp3) is 0.500. The van der Waals surface area contributed by atoms with Crippen LogP contribution in [-0.2, 0) is 17.8 Å². The van der Waals surface area contributed by atoms with E-state index in [0.717, 1.165) is 12.8 Å². The van der Waals surface area contributed by atoms with Crippen molar-refractivity contribution in [1.82, 2.24) is 0 Å². The van der Waals surface area contributed by atoms with Crippen LogP contribution in [0.5, 0.6) is 0 Å². The van der Waals surface area contributed by atoms with Crippen molar-refractivity contribution in [3.05, 3.63) is 34.9 Å². The van der Waals surface area contributed by atoms with Gasteiger partial charge >= 0.3 is 0 Å². The summed E-state index contributed by atoms with van der Waals surface area (Å²) in [5.74, 6) is -1.61. The third kappa shape index (κ3) is 2.39.